The summed E-state index contributed by atoms with van der Waals surface area (Å²) in [6.07, 6.45) is 15.8. The minimum Gasteiger partial charge on any atom is -0.477 e. The molecule has 4 aromatic rings. The third-order valence-electron chi connectivity index (χ3n) is 10.2. The number of nitrogens with one attached hydrogen (secondary N) is 1. The molecule has 0 spiro atoms. The summed E-state index contributed by atoms with van der Waals surface area (Å²) in [4.78, 5) is 38.2. The predicted molar refractivity (Wildman–Crippen MR) is 219 cm³/mol. The highest BCUT2D eigenvalue weighted by Crippen LogP contribution is 2.26. The van der Waals surface area contributed by atoms with E-state index in [4.69, 9.17) is 20.2 Å². The summed E-state index contributed by atoms with van der Waals surface area (Å²) in [5.41, 5.74) is 10.5. The highest BCUT2D eigenvalue weighted by Gasteiger charge is 2.21. The van der Waals surface area contributed by atoms with Crippen LogP contribution in [0.5, 0.6) is 0 Å². The molecule has 0 aromatic carbocycles. The summed E-state index contributed by atoms with van der Waals surface area (Å²) in [5, 5.41) is 18.7. The summed E-state index contributed by atoms with van der Waals surface area (Å²) >= 11 is 3.36. The molecule has 4 N–H and O–H groups in total. The Balaban J connectivity index is 0.000000162. The van der Waals surface area contributed by atoms with Crippen molar-refractivity contribution in [3.63, 3.8) is 0 Å². The van der Waals surface area contributed by atoms with Crippen molar-refractivity contribution in [2.24, 2.45) is 5.73 Å². The van der Waals surface area contributed by atoms with E-state index in [9.17, 15) is 14.7 Å². The Hall–Kier alpha value is -3.76. The molecular formula is C40H58N8O5S2. The first-order valence-corrected chi connectivity index (χ1v) is 21.6. The van der Waals surface area contributed by atoms with Crippen LogP contribution in [0.3, 0.4) is 0 Å². The molecule has 0 bridgehead atoms. The Morgan fingerprint density at radius 1 is 0.764 bits per heavy atom. The van der Waals surface area contributed by atoms with Gasteiger partial charge in [0.1, 0.15) is 11.4 Å². The van der Waals surface area contributed by atoms with Gasteiger partial charge in [-0.1, -0.05) is 0 Å². The lowest BCUT2D eigenvalue weighted by Crippen LogP contribution is -2.41. The van der Waals surface area contributed by atoms with E-state index in [1.54, 1.807) is 33.3 Å². The summed E-state index contributed by atoms with van der Waals surface area (Å²) in [6.45, 7) is 12.5. The van der Waals surface area contributed by atoms with Gasteiger partial charge in [0.25, 0.3) is 5.91 Å². The van der Waals surface area contributed by atoms with E-state index in [1.807, 2.05) is 42.3 Å². The van der Waals surface area contributed by atoms with Crippen molar-refractivity contribution >= 4 is 44.8 Å². The number of carbonyl (C=O) groups excluding carboxylic acids is 1. The number of aromatic nitrogens is 4. The Kier molecular flexibility index (Phi) is 15.2. The Bertz CT molecular complexity index is 1790. The number of carbonyl (C=O) groups is 2. The second-order valence-corrected chi connectivity index (χ2v) is 16.7. The number of hydrogen-bond donors (Lipinski definition) is 3. The fourth-order valence-electron chi connectivity index (χ4n) is 7.37. The number of thiazole rings is 2. The number of nitrogens with zero attached hydrogens (tertiary/aromatic N) is 6. The smallest absolute Gasteiger partial charge is 0.352 e. The molecule has 0 aliphatic carbocycles. The molecule has 4 aliphatic heterocycles. The molecule has 1 amide bonds. The number of rotatable bonds is 9. The molecule has 55 heavy (non-hydrogen) atoms. The topological polar surface area (TPSA) is 153 Å². The molecule has 4 aliphatic rings. The van der Waals surface area contributed by atoms with E-state index in [0.717, 1.165) is 104 Å². The van der Waals surface area contributed by atoms with Crippen LogP contribution in [0.15, 0.2) is 35.3 Å². The largest absolute Gasteiger partial charge is 0.477 e. The van der Waals surface area contributed by atoms with E-state index >= 15 is 0 Å². The van der Waals surface area contributed by atoms with Crippen molar-refractivity contribution in [2.75, 3.05) is 62.4 Å². The third kappa shape index (κ3) is 12.1. The molecule has 4 aromatic heterocycles. The van der Waals surface area contributed by atoms with Crippen LogP contribution in [-0.2, 0) is 22.6 Å². The molecular weight excluding hydrogens is 737 g/mol. The normalized spacial score (nSPS) is 20.2. The Morgan fingerprint density at radius 3 is 1.73 bits per heavy atom. The van der Waals surface area contributed by atoms with Gasteiger partial charge in [0.2, 0.25) is 0 Å². The van der Waals surface area contributed by atoms with E-state index < -0.39 is 5.97 Å². The summed E-state index contributed by atoms with van der Waals surface area (Å²) in [7, 11) is 0. The van der Waals surface area contributed by atoms with Crippen LogP contribution in [0, 0.1) is 13.8 Å². The molecule has 300 valence electrons. The first-order valence-electron chi connectivity index (χ1n) is 19.9. The number of hydrogen-bond acceptors (Lipinski definition) is 11. The molecule has 0 saturated carbocycles. The van der Waals surface area contributed by atoms with Crippen LogP contribution >= 0.6 is 22.7 Å². The predicted octanol–water partition coefficient (Wildman–Crippen LogP) is 6.31. The van der Waals surface area contributed by atoms with Crippen molar-refractivity contribution in [1.82, 2.24) is 24.4 Å². The minimum atomic E-state index is -0.894. The van der Waals surface area contributed by atoms with Crippen molar-refractivity contribution in [3.8, 4) is 0 Å². The Morgan fingerprint density at radius 2 is 1.27 bits per heavy atom. The maximum Gasteiger partial charge on any atom is 0.352 e. The number of aryl methyl sites for hydroxylation is 2. The minimum absolute atomic E-state index is 0.0231. The number of carboxylic acid groups (broad SMARTS) is 1. The number of amides is 1. The first kappa shape index (κ1) is 40.9. The van der Waals surface area contributed by atoms with Gasteiger partial charge in [-0.2, -0.15) is 0 Å². The monoisotopic (exact) mass is 794 g/mol. The number of piperidine rings is 2. The van der Waals surface area contributed by atoms with Crippen LogP contribution in [0.1, 0.15) is 108 Å². The summed E-state index contributed by atoms with van der Waals surface area (Å²) in [5.74, 6) is -0.917. The average molecular weight is 795 g/mol. The maximum atomic E-state index is 12.8. The zero-order valence-electron chi connectivity index (χ0n) is 32.4. The van der Waals surface area contributed by atoms with Crippen molar-refractivity contribution < 1.29 is 24.2 Å². The van der Waals surface area contributed by atoms with Gasteiger partial charge < -0.3 is 44.6 Å². The standard InChI is InChI=1S/C20H28N4O2S.C15H19N3O2S.C5H11NO/c1-15-10-18(19(25)21-16-6-5-9-26-13-16)24(11-15)12-17-14-27-20(22-17)23-7-3-2-4-8-23;1-11-7-13(14(19)20)18(8-11)9-12-10-21-15(16-12)17-5-3-2-4-6-17;6-5-2-1-3-7-4-5/h10-11,14,16H,2-9,12-13H2,1H3,(H,21,25);7-8,10H,2-6,9H2,1H3,(H,19,20);5H,1-4,6H2. The van der Waals surface area contributed by atoms with Gasteiger partial charge in [0.15, 0.2) is 10.3 Å². The van der Waals surface area contributed by atoms with Crippen LogP contribution < -0.4 is 20.9 Å². The van der Waals surface area contributed by atoms with E-state index in [0.29, 0.717) is 37.1 Å². The van der Waals surface area contributed by atoms with Gasteiger partial charge in [-0.3, -0.25) is 4.79 Å². The van der Waals surface area contributed by atoms with E-state index in [2.05, 4.69) is 25.5 Å². The van der Waals surface area contributed by atoms with Crippen molar-refractivity contribution in [1.29, 1.82) is 0 Å². The lowest BCUT2D eigenvalue weighted by Gasteiger charge is -2.25. The summed E-state index contributed by atoms with van der Waals surface area (Å²) in [6, 6.07) is 4.07. The number of anilines is 2. The van der Waals surface area contributed by atoms with Crippen LogP contribution in [-0.4, -0.2) is 101 Å². The molecule has 0 radical (unpaired) electrons. The first-order chi connectivity index (χ1) is 26.7. The fraction of sp³-hybridized carbons (Fsp3) is 0.600. The van der Waals surface area contributed by atoms with Crippen molar-refractivity contribution in [2.45, 2.75) is 103 Å². The molecule has 15 heteroatoms. The lowest BCUT2D eigenvalue weighted by atomic mass is 10.1. The van der Waals surface area contributed by atoms with Gasteiger partial charge in [0, 0.05) is 68.6 Å². The number of nitrogens with two attached hydrogens (primary N) is 1. The molecule has 4 saturated heterocycles. The maximum absolute atomic E-state index is 12.8. The van der Waals surface area contributed by atoms with Crippen molar-refractivity contribution in [3.05, 3.63) is 69.2 Å². The highest BCUT2D eigenvalue weighted by molar-refractivity contribution is 7.14. The SMILES string of the molecule is Cc1cc(C(=O)NC2CCCOC2)n(Cc2csc(N3CCCCC3)n2)c1.Cc1cc(C(=O)O)n(Cc2csc(N3CCCCC3)n2)c1.NC1CCCOC1. The molecule has 8 rings (SSSR count). The van der Waals surface area contributed by atoms with Gasteiger partial charge in [-0.25, -0.2) is 14.8 Å². The van der Waals surface area contributed by atoms with Gasteiger partial charge >= 0.3 is 5.97 Å². The fourth-order valence-corrected chi connectivity index (χ4v) is 9.11. The molecule has 4 fully saturated rings. The van der Waals surface area contributed by atoms with Crippen LogP contribution in [0.25, 0.3) is 0 Å². The van der Waals surface area contributed by atoms with Crippen LogP contribution in [0.2, 0.25) is 0 Å². The number of aromatic carboxylic acids is 1. The molecule has 2 atom stereocenters. The quantitative estimate of drug-likeness (QED) is 0.176. The number of carboxylic acids is 1. The highest BCUT2D eigenvalue weighted by atomic mass is 32.1. The molecule has 8 heterocycles. The molecule has 13 nitrogen and oxygen atoms in total. The zero-order valence-corrected chi connectivity index (χ0v) is 34.1. The van der Waals surface area contributed by atoms with Gasteiger partial charge in [0.05, 0.1) is 43.7 Å². The van der Waals surface area contributed by atoms with E-state index in [-0.39, 0.29) is 11.9 Å². The second-order valence-electron chi connectivity index (χ2n) is 15.1. The summed E-state index contributed by atoms with van der Waals surface area (Å²) < 4.78 is 14.3. The van der Waals surface area contributed by atoms with Crippen LogP contribution in [0.4, 0.5) is 10.3 Å². The number of ether oxygens (including phenoxy) is 2. The Labute approximate surface area is 332 Å². The van der Waals surface area contributed by atoms with E-state index in [1.165, 1.54) is 38.5 Å². The lowest BCUT2D eigenvalue weighted by molar-refractivity contribution is 0.0620. The average Bonchev–Trinajstić information content (AvgIpc) is 4.02. The second kappa shape index (κ2) is 20.4. The molecule has 2 unspecified atom stereocenters. The van der Waals surface area contributed by atoms with Gasteiger partial charge in [-0.15, -0.1) is 22.7 Å². The third-order valence-corrected chi connectivity index (χ3v) is 12.1. The zero-order chi connectivity index (χ0) is 38.6. The van der Waals surface area contributed by atoms with Gasteiger partial charge in [-0.05, 0) is 101 Å².